The van der Waals surface area contributed by atoms with Crippen molar-refractivity contribution in [3.63, 3.8) is 0 Å². The Morgan fingerprint density at radius 2 is 2.38 bits per heavy atom. The van der Waals surface area contributed by atoms with E-state index in [1.807, 2.05) is 13.8 Å². The monoisotopic (exact) mass is 186 g/mol. The normalized spacial score (nSPS) is 30.1. The second-order valence-corrected chi connectivity index (χ2v) is 3.64. The van der Waals surface area contributed by atoms with E-state index >= 15 is 0 Å². The summed E-state index contributed by atoms with van der Waals surface area (Å²) in [5, 5.41) is 0. The molecule has 3 heteroatoms. The van der Waals surface area contributed by atoms with Gasteiger partial charge in [-0.15, -0.1) is 0 Å². The van der Waals surface area contributed by atoms with E-state index in [0.29, 0.717) is 12.5 Å². The second kappa shape index (κ2) is 4.61. The van der Waals surface area contributed by atoms with Crippen LogP contribution in [0.5, 0.6) is 0 Å². The van der Waals surface area contributed by atoms with Gasteiger partial charge in [-0.1, -0.05) is 6.92 Å². The summed E-state index contributed by atoms with van der Waals surface area (Å²) in [6, 6.07) is 0. The molecular formula is C10H18O3. The Kier molecular flexibility index (Phi) is 3.72. The maximum Gasteiger partial charge on any atom is 0.311 e. The molecule has 1 fully saturated rings. The summed E-state index contributed by atoms with van der Waals surface area (Å²) in [7, 11) is 0. The van der Waals surface area contributed by atoms with Crippen LogP contribution in [0.4, 0.5) is 0 Å². The highest BCUT2D eigenvalue weighted by atomic mass is 16.5. The van der Waals surface area contributed by atoms with Crippen LogP contribution in [0, 0.1) is 11.8 Å². The molecule has 1 heterocycles. The Hall–Kier alpha value is -0.570. The summed E-state index contributed by atoms with van der Waals surface area (Å²) in [6.45, 7) is 7.04. The first-order valence-electron chi connectivity index (χ1n) is 4.95. The smallest absolute Gasteiger partial charge is 0.311 e. The SMILES string of the molecule is CCOC(=O)[C@H](C)[C@@H]1OCC[C@H]1C. The number of esters is 1. The van der Waals surface area contributed by atoms with Crippen molar-refractivity contribution in [3.05, 3.63) is 0 Å². The van der Waals surface area contributed by atoms with Crippen LogP contribution >= 0.6 is 0 Å². The number of carbonyl (C=O) groups excluding carboxylic acids is 1. The number of hydrogen-bond donors (Lipinski definition) is 0. The Bertz CT molecular complexity index is 179. The third-order valence-corrected chi connectivity index (χ3v) is 2.60. The standard InChI is InChI=1S/C10H18O3/c1-4-12-10(11)8(3)9-7(2)5-6-13-9/h7-9H,4-6H2,1-3H3/t7-,8-,9-/m1/s1. The van der Waals surface area contributed by atoms with Crippen molar-refractivity contribution in [2.75, 3.05) is 13.2 Å². The lowest BCUT2D eigenvalue weighted by Crippen LogP contribution is -2.30. The fraction of sp³-hybridized carbons (Fsp3) is 0.900. The molecule has 3 atom stereocenters. The molecule has 1 saturated heterocycles. The lowest BCUT2D eigenvalue weighted by atomic mass is 9.93. The average molecular weight is 186 g/mol. The molecule has 3 nitrogen and oxygen atoms in total. The van der Waals surface area contributed by atoms with Crippen molar-refractivity contribution >= 4 is 5.97 Å². The van der Waals surface area contributed by atoms with Crippen molar-refractivity contribution in [2.24, 2.45) is 11.8 Å². The van der Waals surface area contributed by atoms with Gasteiger partial charge in [0.15, 0.2) is 0 Å². The van der Waals surface area contributed by atoms with E-state index in [1.54, 1.807) is 0 Å². The van der Waals surface area contributed by atoms with Gasteiger partial charge in [-0.2, -0.15) is 0 Å². The minimum Gasteiger partial charge on any atom is -0.466 e. The summed E-state index contributed by atoms with van der Waals surface area (Å²) in [5.74, 6) is 0.207. The highest BCUT2D eigenvalue weighted by molar-refractivity contribution is 5.72. The lowest BCUT2D eigenvalue weighted by molar-refractivity contribution is -0.152. The predicted molar refractivity (Wildman–Crippen MR) is 49.3 cm³/mol. The van der Waals surface area contributed by atoms with Gasteiger partial charge in [-0.05, 0) is 26.2 Å². The summed E-state index contributed by atoms with van der Waals surface area (Å²) in [5.41, 5.74) is 0. The van der Waals surface area contributed by atoms with E-state index in [2.05, 4.69) is 6.92 Å². The van der Waals surface area contributed by atoms with Crippen molar-refractivity contribution in [1.82, 2.24) is 0 Å². The number of carbonyl (C=O) groups is 1. The van der Waals surface area contributed by atoms with Gasteiger partial charge in [-0.3, -0.25) is 4.79 Å². The highest BCUT2D eigenvalue weighted by Gasteiger charge is 2.34. The van der Waals surface area contributed by atoms with E-state index in [9.17, 15) is 4.79 Å². The largest absolute Gasteiger partial charge is 0.466 e. The van der Waals surface area contributed by atoms with Crippen molar-refractivity contribution in [1.29, 1.82) is 0 Å². The zero-order valence-corrected chi connectivity index (χ0v) is 8.58. The fourth-order valence-electron chi connectivity index (χ4n) is 1.76. The van der Waals surface area contributed by atoms with Gasteiger partial charge >= 0.3 is 5.97 Å². The molecule has 0 aromatic heterocycles. The molecule has 0 amide bonds. The minimum atomic E-state index is -0.138. The summed E-state index contributed by atoms with van der Waals surface area (Å²) in [6.07, 6.45) is 1.10. The molecule has 0 bridgehead atoms. The van der Waals surface area contributed by atoms with E-state index < -0.39 is 0 Å². The molecule has 0 saturated carbocycles. The van der Waals surface area contributed by atoms with E-state index in [0.717, 1.165) is 13.0 Å². The van der Waals surface area contributed by atoms with Crippen molar-refractivity contribution in [2.45, 2.75) is 33.3 Å². The van der Waals surface area contributed by atoms with Crippen molar-refractivity contribution in [3.8, 4) is 0 Å². The second-order valence-electron chi connectivity index (χ2n) is 3.64. The van der Waals surface area contributed by atoms with Crippen LogP contribution in [-0.4, -0.2) is 25.3 Å². The van der Waals surface area contributed by atoms with Crippen molar-refractivity contribution < 1.29 is 14.3 Å². The van der Waals surface area contributed by atoms with Gasteiger partial charge < -0.3 is 9.47 Å². The highest BCUT2D eigenvalue weighted by Crippen LogP contribution is 2.26. The van der Waals surface area contributed by atoms with Crippen LogP contribution in [0.1, 0.15) is 27.2 Å². The summed E-state index contributed by atoms with van der Waals surface area (Å²) in [4.78, 5) is 11.4. The zero-order chi connectivity index (χ0) is 9.84. The van der Waals surface area contributed by atoms with Crippen LogP contribution < -0.4 is 0 Å². The minimum absolute atomic E-state index is 0.0547. The molecule has 0 radical (unpaired) electrons. The fourth-order valence-corrected chi connectivity index (χ4v) is 1.76. The third kappa shape index (κ3) is 2.44. The van der Waals surface area contributed by atoms with Gasteiger partial charge in [-0.25, -0.2) is 0 Å². The van der Waals surface area contributed by atoms with Gasteiger partial charge in [0.2, 0.25) is 0 Å². The molecule has 0 aliphatic carbocycles. The summed E-state index contributed by atoms with van der Waals surface area (Å²) < 4.78 is 10.4. The van der Waals surface area contributed by atoms with Crippen LogP contribution in [0.3, 0.4) is 0 Å². The number of hydrogen-bond acceptors (Lipinski definition) is 3. The average Bonchev–Trinajstić information content (AvgIpc) is 2.50. The van der Waals surface area contributed by atoms with Crippen LogP contribution in [0.15, 0.2) is 0 Å². The quantitative estimate of drug-likeness (QED) is 0.628. The van der Waals surface area contributed by atoms with Gasteiger partial charge in [0.25, 0.3) is 0 Å². The van der Waals surface area contributed by atoms with E-state index in [1.165, 1.54) is 0 Å². The molecule has 0 spiro atoms. The molecule has 13 heavy (non-hydrogen) atoms. The third-order valence-electron chi connectivity index (χ3n) is 2.60. The molecular weight excluding hydrogens is 168 g/mol. The van der Waals surface area contributed by atoms with E-state index in [4.69, 9.17) is 9.47 Å². The van der Waals surface area contributed by atoms with Crippen LogP contribution in [0.25, 0.3) is 0 Å². The molecule has 1 aliphatic rings. The van der Waals surface area contributed by atoms with E-state index in [-0.39, 0.29) is 18.0 Å². The Balaban J connectivity index is 2.45. The molecule has 1 rings (SSSR count). The van der Waals surface area contributed by atoms with Crippen LogP contribution in [-0.2, 0) is 14.3 Å². The van der Waals surface area contributed by atoms with Gasteiger partial charge in [0.1, 0.15) is 0 Å². The predicted octanol–water partition coefficient (Wildman–Crippen LogP) is 1.61. The molecule has 0 aromatic carbocycles. The number of ether oxygens (including phenoxy) is 2. The Morgan fingerprint density at radius 1 is 1.69 bits per heavy atom. The first kappa shape index (κ1) is 10.5. The van der Waals surface area contributed by atoms with Crippen LogP contribution in [0.2, 0.25) is 0 Å². The first-order valence-corrected chi connectivity index (χ1v) is 4.95. The topological polar surface area (TPSA) is 35.5 Å². The summed E-state index contributed by atoms with van der Waals surface area (Å²) >= 11 is 0. The molecule has 1 aliphatic heterocycles. The number of rotatable bonds is 3. The first-order chi connectivity index (χ1) is 6.16. The molecule has 76 valence electrons. The Morgan fingerprint density at radius 3 is 2.85 bits per heavy atom. The zero-order valence-electron chi connectivity index (χ0n) is 8.58. The van der Waals surface area contributed by atoms with Gasteiger partial charge in [0.05, 0.1) is 18.6 Å². The maximum absolute atomic E-state index is 11.4. The molecule has 0 unspecified atom stereocenters. The Labute approximate surface area is 79.4 Å². The molecule has 0 N–H and O–H groups in total. The molecule has 0 aromatic rings. The maximum atomic E-state index is 11.4. The lowest BCUT2D eigenvalue weighted by Gasteiger charge is -2.20. The van der Waals surface area contributed by atoms with Gasteiger partial charge in [0, 0.05) is 6.61 Å².